The molecule has 172 valence electrons. The fourth-order valence-electron chi connectivity index (χ4n) is 6.81. The molecule has 4 saturated carbocycles. The minimum Gasteiger partial charge on any atom is -0.351 e. The van der Waals surface area contributed by atoms with E-state index < -0.39 is 0 Å². The van der Waals surface area contributed by atoms with Crippen molar-refractivity contribution >= 4 is 17.5 Å². The highest BCUT2D eigenvalue weighted by atomic mass is 35.5. The Balaban J connectivity index is 1.29. The third-order valence-electron chi connectivity index (χ3n) is 8.00. The summed E-state index contributed by atoms with van der Waals surface area (Å²) in [6.07, 6.45) is 10.3. The predicted molar refractivity (Wildman–Crippen MR) is 129 cm³/mol. The molecule has 1 aromatic rings. The summed E-state index contributed by atoms with van der Waals surface area (Å²) in [6, 6.07) is 5.97. The third-order valence-corrected chi connectivity index (χ3v) is 8.33. The van der Waals surface area contributed by atoms with E-state index in [1.165, 1.54) is 44.1 Å². The van der Waals surface area contributed by atoms with Crippen molar-refractivity contribution in [1.29, 1.82) is 0 Å². The number of carbonyl (C=O) groups is 1. The molecule has 0 aliphatic heterocycles. The molecule has 31 heavy (non-hydrogen) atoms. The van der Waals surface area contributed by atoms with E-state index in [0.29, 0.717) is 16.0 Å². The van der Waals surface area contributed by atoms with Gasteiger partial charge in [0.1, 0.15) is 0 Å². The second-order valence-corrected chi connectivity index (χ2v) is 11.5. The molecule has 1 amide bonds. The Labute approximate surface area is 193 Å². The van der Waals surface area contributed by atoms with Crippen LogP contribution in [0.4, 0.5) is 0 Å². The Morgan fingerprint density at radius 1 is 1.03 bits per heavy atom. The Morgan fingerprint density at radius 2 is 1.68 bits per heavy atom. The topological polar surface area (TPSA) is 35.6 Å². The van der Waals surface area contributed by atoms with Crippen LogP contribution in [0.25, 0.3) is 0 Å². The van der Waals surface area contributed by atoms with E-state index in [1.54, 1.807) is 0 Å². The minimum absolute atomic E-state index is 0.00527. The average molecular weight is 446 g/mol. The van der Waals surface area contributed by atoms with Crippen LogP contribution in [0.5, 0.6) is 0 Å². The van der Waals surface area contributed by atoms with Crippen molar-refractivity contribution in [3.63, 3.8) is 0 Å². The Bertz CT molecular complexity index is 743. The van der Waals surface area contributed by atoms with Crippen LogP contribution in [0.3, 0.4) is 0 Å². The van der Waals surface area contributed by atoms with Crippen LogP contribution in [0, 0.1) is 23.2 Å². The Morgan fingerprint density at radius 3 is 2.29 bits per heavy atom. The number of hydrogen-bond acceptors (Lipinski definition) is 3. The highest BCUT2D eigenvalue weighted by Gasteiger charge is 2.50. The van der Waals surface area contributed by atoms with Gasteiger partial charge in [0.25, 0.3) is 5.91 Å². The number of hydrogen-bond donors (Lipinski definition) is 1. The lowest BCUT2D eigenvalue weighted by atomic mass is 9.49. The molecule has 5 rings (SSSR count). The first-order chi connectivity index (χ1) is 14.8. The molecular weight excluding hydrogens is 406 g/mol. The molecule has 1 N–H and O–H groups in total. The van der Waals surface area contributed by atoms with Crippen molar-refractivity contribution < 1.29 is 4.79 Å². The molecule has 1 aromatic carbocycles. The van der Waals surface area contributed by atoms with E-state index in [1.807, 2.05) is 12.1 Å². The van der Waals surface area contributed by atoms with Crippen molar-refractivity contribution in [3.05, 3.63) is 34.3 Å². The zero-order valence-electron chi connectivity index (χ0n) is 19.6. The van der Waals surface area contributed by atoms with Crippen LogP contribution in [0.1, 0.15) is 60.9 Å². The maximum atomic E-state index is 13.0. The lowest BCUT2D eigenvalue weighted by Crippen LogP contribution is -2.51. The maximum Gasteiger partial charge on any atom is 0.252 e. The monoisotopic (exact) mass is 445 g/mol. The number of halogens is 1. The van der Waals surface area contributed by atoms with E-state index in [0.717, 1.165) is 56.8 Å². The van der Waals surface area contributed by atoms with Crippen molar-refractivity contribution in [1.82, 2.24) is 15.1 Å². The summed E-state index contributed by atoms with van der Waals surface area (Å²) in [5, 5.41) is 3.85. The summed E-state index contributed by atoms with van der Waals surface area (Å²) in [5.74, 6) is 2.73. The van der Waals surface area contributed by atoms with Gasteiger partial charge in [0.2, 0.25) is 0 Å². The smallest absolute Gasteiger partial charge is 0.252 e. The first-order valence-electron chi connectivity index (χ1n) is 12.2. The lowest BCUT2D eigenvalue weighted by molar-refractivity contribution is -0.0503. The van der Waals surface area contributed by atoms with Gasteiger partial charge in [-0.25, -0.2) is 0 Å². The fraction of sp³-hybridized carbons (Fsp3) is 0.731. The molecule has 0 atom stereocenters. The van der Waals surface area contributed by atoms with Crippen LogP contribution in [0.15, 0.2) is 18.2 Å². The third kappa shape index (κ3) is 5.83. The average Bonchev–Trinajstić information content (AvgIpc) is 2.71. The molecule has 4 aliphatic rings. The quantitative estimate of drug-likeness (QED) is 0.566. The van der Waals surface area contributed by atoms with Gasteiger partial charge in [-0.15, -0.1) is 0 Å². The predicted octanol–water partition coefficient (Wildman–Crippen LogP) is 4.71. The van der Waals surface area contributed by atoms with Gasteiger partial charge in [0.15, 0.2) is 0 Å². The van der Waals surface area contributed by atoms with E-state index in [-0.39, 0.29) is 5.91 Å². The molecule has 0 saturated heterocycles. The van der Waals surface area contributed by atoms with Gasteiger partial charge in [0.05, 0.1) is 10.6 Å². The fourth-order valence-corrected chi connectivity index (χ4v) is 7.01. The highest BCUT2D eigenvalue weighted by Crippen LogP contribution is 2.59. The standard InChI is InChI=1S/C26H40ClN3O/c1-29(2)9-10-30(3)8-4-5-19-6-7-24(27)23(14-19)25(31)28-18-26-15-20-11-21(16-26)13-22(12-20)17-26/h6-7,14,20-22H,4-5,8-13,15-18H2,1-3H3,(H,28,31). The SMILES string of the molecule is CN(C)CCN(C)CCCc1ccc(Cl)c(C(=O)NCC23CC4CC(CC(C4)C2)C3)c1. The molecule has 4 bridgehead atoms. The zero-order valence-corrected chi connectivity index (χ0v) is 20.4. The van der Waals surface area contributed by atoms with E-state index in [4.69, 9.17) is 11.6 Å². The summed E-state index contributed by atoms with van der Waals surface area (Å²) >= 11 is 6.43. The number of nitrogens with zero attached hydrogens (tertiary/aromatic N) is 2. The van der Waals surface area contributed by atoms with E-state index in [9.17, 15) is 4.79 Å². The van der Waals surface area contributed by atoms with Gasteiger partial charge in [-0.1, -0.05) is 17.7 Å². The summed E-state index contributed by atoms with van der Waals surface area (Å²) in [5.41, 5.74) is 2.20. The van der Waals surface area contributed by atoms with Crippen molar-refractivity contribution in [2.24, 2.45) is 23.2 Å². The molecule has 0 unspecified atom stereocenters. The largest absolute Gasteiger partial charge is 0.351 e. The number of likely N-dealkylation sites (N-methyl/N-ethyl adjacent to an activating group) is 2. The summed E-state index contributed by atoms with van der Waals surface area (Å²) < 4.78 is 0. The summed E-state index contributed by atoms with van der Waals surface area (Å²) in [7, 11) is 6.39. The van der Waals surface area contributed by atoms with Crippen LogP contribution in [-0.2, 0) is 6.42 Å². The first kappa shape index (κ1) is 23.1. The molecule has 0 aromatic heterocycles. The van der Waals surface area contributed by atoms with Crippen LogP contribution in [0.2, 0.25) is 5.02 Å². The molecular formula is C26H40ClN3O. The van der Waals surface area contributed by atoms with Crippen LogP contribution < -0.4 is 5.32 Å². The van der Waals surface area contributed by atoms with Gasteiger partial charge in [-0.3, -0.25) is 4.79 Å². The molecule has 5 heteroatoms. The van der Waals surface area contributed by atoms with Crippen molar-refractivity contribution in [3.8, 4) is 0 Å². The van der Waals surface area contributed by atoms with Gasteiger partial charge in [0, 0.05) is 19.6 Å². The molecule has 4 aliphatic carbocycles. The number of amides is 1. The van der Waals surface area contributed by atoms with Crippen molar-refractivity contribution in [2.75, 3.05) is 47.3 Å². The molecule has 4 nitrogen and oxygen atoms in total. The van der Waals surface area contributed by atoms with E-state index in [2.05, 4.69) is 42.3 Å². The second-order valence-electron chi connectivity index (χ2n) is 11.1. The normalized spacial score (nSPS) is 29.2. The molecule has 0 radical (unpaired) electrons. The molecule has 4 fully saturated rings. The number of rotatable bonds is 10. The van der Waals surface area contributed by atoms with Gasteiger partial charge < -0.3 is 15.1 Å². The number of aryl methyl sites for hydroxylation is 1. The molecule has 0 heterocycles. The first-order valence-corrected chi connectivity index (χ1v) is 12.6. The number of benzene rings is 1. The van der Waals surface area contributed by atoms with Gasteiger partial charge in [-0.2, -0.15) is 0 Å². The maximum absolute atomic E-state index is 13.0. The molecule has 0 spiro atoms. The Kier molecular flexibility index (Phi) is 7.30. The van der Waals surface area contributed by atoms with Gasteiger partial charge in [-0.05, 0) is 120 Å². The minimum atomic E-state index is 0.00527. The highest BCUT2D eigenvalue weighted by molar-refractivity contribution is 6.33. The lowest BCUT2D eigenvalue weighted by Gasteiger charge is -2.56. The number of carbonyl (C=O) groups excluding carboxylic acids is 1. The van der Waals surface area contributed by atoms with Gasteiger partial charge >= 0.3 is 0 Å². The van der Waals surface area contributed by atoms with Crippen LogP contribution >= 0.6 is 11.6 Å². The Hall–Kier alpha value is -1.10. The number of nitrogens with one attached hydrogen (secondary N) is 1. The van der Waals surface area contributed by atoms with Crippen molar-refractivity contribution in [2.45, 2.75) is 51.4 Å². The summed E-state index contributed by atoms with van der Waals surface area (Å²) in [6.45, 7) is 4.04. The van der Waals surface area contributed by atoms with Crippen LogP contribution in [-0.4, -0.2) is 63.0 Å². The van der Waals surface area contributed by atoms with E-state index >= 15 is 0 Å². The zero-order chi connectivity index (χ0) is 22.0. The summed E-state index contributed by atoms with van der Waals surface area (Å²) in [4.78, 5) is 17.6. The second kappa shape index (κ2) is 9.80.